The van der Waals surface area contributed by atoms with E-state index in [0.717, 1.165) is 22.3 Å². The molecule has 104 valence electrons. The number of nitrogens with one attached hydrogen (secondary N) is 1. The van der Waals surface area contributed by atoms with E-state index >= 15 is 0 Å². The highest BCUT2D eigenvalue weighted by Crippen LogP contribution is 2.25. The summed E-state index contributed by atoms with van der Waals surface area (Å²) in [5.41, 5.74) is 2.55. The fraction of sp³-hybridized carbons (Fsp3) is 0.200. The molecule has 0 aliphatic carbocycles. The predicted octanol–water partition coefficient (Wildman–Crippen LogP) is 2.85. The van der Waals surface area contributed by atoms with Crippen molar-refractivity contribution >= 4 is 11.0 Å². The van der Waals surface area contributed by atoms with Gasteiger partial charge >= 0.3 is 0 Å². The van der Waals surface area contributed by atoms with Crippen LogP contribution in [0, 0.1) is 11.3 Å². The van der Waals surface area contributed by atoms with Crippen molar-refractivity contribution in [3.05, 3.63) is 43.1 Å². The van der Waals surface area contributed by atoms with Gasteiger partial charge in [0, 0.05) is 23.3 Å². The molecule has 3 rings (SSSR count). The predicted molar refractivity (Wildman–Crippen MR) is 79.2 cm³/mol. The maximum absolute atomic E-state index is 8.91. The van der Waals surface area contributed by atoms with Crippen molar-refractivity contribution in [3.63, 3.8) is 0 Å². The lowest BCUT2D eigenvalue weighted by molar-refractivity contribution is 0.548. The molecule has 0 amide bonds. The summed E-state index contributed by atoms with van der Waals surface area (Å²) in [6.45, 7) is 1.93. The fourth-order valence-corrected chi connectivity index (χ4v) is 2.31. The minimum Gasteiger partial charge on any atom is -0.346 e. The smallest absolute Gasteiger partial charge is 0.141 e. The first-order chi connectivity index (χ1) is 10.3. The number of allylic oxidation sites excluding steroid dienone is 2. The highest BCUT2D eigenvalue weighted by Gasteiger charge is 2.12. The second-order valence-electron chi connectivity index (χ2n) is 4.63. The van der Waals surface area contributed by atoms with Crippen molar-refractivity contribution in [1.29, 1.82) is 5.26 Å². The number of aromatic amines is 1. The molecule has 0 saturated heterocycles. The number of fused-ring (bicyclic) bond motifs is 1. The summed E-state index contributed by atoms with van der Waals surface area (Å²) in [7, 11) is 0. The molecule has 3 aromatic heterocycles. The molecular formula is C15H14N6. The van der Waals surface area contributed by atoms with E-state index in [-0.39, 0.29) is 6.04 Å². The molecule has 0 bridgehead atoms. The topological polar surface area (TPSA) is 83.2 Å². The number of nitrogens with zero attached hydrogens (tertiary/aromatic N) is 5. The Hall–Kier alpha value is -2.94. The Morgan fingerprint density at radius 2 is 2.38 bits per heavy atom. The van der Waals surface area contributed by atoms with Crippen LogP contribution in [0.5, 0.6) is 0 Å². The van der Waals surface area contributed by atoms with E-state index in [0.29, 0.717) is 6.42 Å². The summed E-state index contributed by atoms with van der Waals surface area (Å²) in [6.07, 6.45) is 11.3. The molecular weight excluding hydrogens is 264 g/mol. The molecule has 0 saturated carbocycles. The molecule has 0 aromatic carbocycles. The van der Waals surface area contributed by atoms with Crippen LogP contribution in [0.4, 0.5) is 0 Å². The lowest BCUT2D eigenvalue weighted by atomic mass is 10.2. The van der Waals surface area contributed by atoms with Gasteiger partial charge in [-0.15, -0.1) is 0 Å². The number of hydrogen-bond donors (Lipinski definition) is 1. The van der Waals surface area contributed by atoms with Gasteiger partial charge in [0.2, 0.25) is 0 Å². The lowest BCUT2D eigenvalue weighted by Crippen LogP contribution is -2.05. The van der Waals surface area contributed by atoms with Gasteiger partial charge in [-0.25, -0.2) is 9.97 Å². The molecule has 0 radical (unpaired) electrons. The summed E-state index contributed by atoms with van der Waals surface area (Å²) in [4.78, 5) is 11.6. The first-order valence-electron chi connectivity index (χ1n) is 6.66. The van der Waals surface area contributed by atoms with Gasteiger partial charge in [0.1, 0.15) is 12.0 Å². The summed E-state index contributed by atoms with van der Waals surface area (Å²) < 4.78 is 1.79. The summed E-state index contributed by atoms with van der Waals surface area (Å²) >= 11 is 0. The van der Waals surface area contributed by atoms with E-state index in [4.69, 9.17) is 5.26 Å². The average molecular weight is 278 g/mol. The molecule has 1 N–H and O–H groups in total. The second kappa shape index (κ2) is 5.59. The van der Waals surface area contributed by atoms with Gasteiger partial charge in [-0.2, -0.15) is 10.4 Å². The van der Waals surface area contributed by atoms with Gasteiger partial charge in [-0.05, 0) is 13.0 Å². The molecule has 6 nitrogen and oxygen atoms in total. The zero-order valence-electron chi connectivity index (χ0n) is 11.6. The van der Waals surface area contributed by atoms with Crippen molar-refractivity contribution in [2.24, 2.45) is 0 Å². The number of rotatable bonds is 4. The number of nitriles is 1. The monoisotopic (exact) mass is 278 g/mol. The van der Waals surface area contributed by atoms with Crippen molar-refractivity contribution in [1.82, 2.24) is 24.7 Å². The molecule has 0 aliphatic heterocycles. The summed E-state index contributed by atoms with van der Waals surface area (Å²) in [5, 5.41) is 14.2. The Kier molecular flexibility index (Phi) is 3.48. The van der Waals surface area contributed by atoms with Crippen molar-refractivity contribution in [3.8, 4) is 17.3 Å². The molecule has 21 heavy (non-hydrogen) atoms. The zero-order chi connectivity index (χ0) is 14.7. The van der Waals surface area contributed by atoms with E-state index in [1.165, 1.54) is 6.33 Å². The third kappa shape index (κ3) is 2.41. The van der Waals surface area contributed by atoms with Crippen LogP contribution in [0.25, 0.3) is 22.3 Å². The summed E-state index contributed by atoms with van der Waals surface area (Å²) in [5.74, 6) is 0. The van der Waals surface area contributed by atoms with Crippen LogP contribution in [0.2, 0.25) is 0 Å². The first kappa shape index (κ1) is 13.1. The van der Waals surface area contributed by atoms with Gasteiger partial charge in [-0.1, -0.05) is 12.2 Å². The van der Waals surface area contributed by atoms with E-state index in [1.807, 2.05) is 37.5 Å². The van der Waals surface area contributed by atoms with Gasteiger partial charge in [0.25, 0.3) is 0 Å². The molecule has 3 aromatic rings. The molecule has 3 heterocycles. The molecule has 0 spiro atoms. The number of hydrogen-bond acceptors (Lipinski definition) is 4. The molecule has 1 atom stereocenters. The first-order valence-corrected chi connectivity index (χ1v) is 6.66. The van der Waals surface area contributed by atoms with Crippen molar-refractivity contribution in [2.45, 2.75) is 19.4 Å². The quantitative estimate of drug-likeness (QED) is 0.744. The highest BCUT2D eigenvalue weighted by atomic mass is 15.3. The Morgan fingerprint density at radius 3 is 3.19 bits per heavy atom. The fourth-order valence-electron chi connectivity index (χ4n) is 2.31. The number of aromatic nitrogens is 5. The Balaban J connectivity index is 2.02. The maximum atomic E-state index is 8.91. The summed E-state index contributed by atoms with van der Waals surface area (Å²) in [6, 6.07) is 4.07. The Bertz CT molecular complexity index is 820. The number of H-pyrrole nitrogens is 1. The van der Waals surface area contributed by atoms with Gasteiger partial charge in [0.15, 0.2) is 0 Å². The van der Waals surface area contributed by atoms with Gasteiger partial charge < -0.3 is 4.98 Å². The van der Waals surface area contributed by atoms with Crippen LogP contribution < -0.4 is 0 Å². The third-order valence-corrected chi connectivity index (χ3v) is 3.28. The molecule has 0 aliphatic rings. The molecule has 0 unspecified atom stereocenters. The minimum atomic E-state index is -0.0581. The standard InChI is InChI=1S/C15H14N6/c1-2-3-12(4-6-16)21-9-11(8-20-21)14-13-5-7-17-15(13)19-10-18-14/h2-3,5,7-10,12H,4H2,1H3,(H,17,18,19)/b3-2+/t12-/m1/s1. The largest absolute Gasteiger partial charge is 0.346 e. The van der Waals surface area contributed by atoms with E-state index in [2.05, 4.69) is 26.1 Å². The zero-order valence-corrected chi connectivity index (χ0v) is 11.6. The normalized spacial score (nSPS) is 12.8. The van der Waals surface area contributed by atoms with Crippen LogP contribution in [0.15, 0.2) is 43.1 Å². The molecule has 0 fully saturated rings. The Labute approximate surface area is 121 Å². The highest BCUT2D eigenvalue weighted by molar-refractivity contribution is 5.89. The maximum Gasteiger partial charge on any atom is 0.141 e. The van der Waals surface area contributed by atoms with Crippen molar-refractivity contribution < 1.29 is 0 Å². The lowest BCUT2D eigenvalue weighted by Gasteiger charge is -2.08. The average Bonchev–Trinajstić information content (AvgIpc) is 3.15. The van der Waals surface area contributed by atoms with Crippen LogP contribution in [-0.2, 0) is 0 Å². The SMILES string of the molecule is C/C=C/[C@H](CC#N)n1cc(-c2ncnc3[nH]ccc23)cn1. The van der Waals surface area contributed by atoms with Gasteiger partial charge in [0.05, 0.1) is 30.4 Å². The third-order valence-electron chi connectivity index (χ3n) is 3.28. The molecule has 6 heteroatoms. The van der Waals surface area contributed by atoms with E-state index in [1.54, 1.807) is 10.9 Å². The van der Waals surface area contributed by atoms with Crippen LogP contribution in [0.3, 0.4) is 0 Å². The van der Waals surface area contributed by atoms with E-state index < -0.39 is 0 Å². The van der Waals surface area contributed by atoms with Crippen LogP contribution in [0.1, 0.15) is 19.4 Å². The van der Waals surface area contributed by atoms with E-state index in [9.17, 15) is 0 Å². The Morgan fingerprint density at radius 1 is 1.48 bits per heavy atom. The second-order valence-corrected chi connectivity index (χ2v) is 4.63. The van der Waals surface area contributed by atoms with Crippen molar-refractivity contribution in [2.75, 3.05) is 0 Å². The van der Waals surface area contributed by atoms with Crippen LogP contribution >= 0.6 is 0 Å². The minimum absolute atomic E-state index is 0.0581. The van der Waals surface area contributed by atoms with Crippen LogP contribution in [-0.4, -0.2) is 24.7 Å². The van der Waals surface area contributed by atoms with Gasteiger partial charge in [-0.3, -0.25) is 4.68 Å².